The Hall–Kier alpha value is -1.53. The van der Waals surface area contributed by atoms with Crippen LogP contribution in [0.25, 0.3) is 0 Å². The quantitative estimate of drug-likeness (QED) is 0.492. The van der Waals surface area contributed by atoms with Crippen molar-refractivity contribution in [3.63, 3.8) is 0 Å². The maximum Gasteiger partial charge on any atom is 0.149 e. The third kappa shape index (κ3) is 5.37. The van der Waals surface area contributed by atoms with Crippen LogP contribution >= 0.6 is 0 Å². The minimum Gasteiger partial charge on any atom is -0.397 e. The Balaban J connectivity index is 2.18. The van der Waals surface area contributed by atoms with Crippen LogP contribution in [-0.2, 0) is 0 Å². The Kier molecular flexibility index (Phi) is 5.51. The molecule has 0 unspecified atom stereocenters. The first-order chi connectivity index (χ1) is 8.09. The molecule has 1 rings (SSSR count). The van der Waals surface area contributed by atoms with E-state index >= 15 is 0 Å². The Morgan fingerprint density at radius 2 is 2.00 bits per heavy atom. The molecule has 6 heteroatoms. The monoisotopic (exact) mass is 238 g/mol. The number of rotatable bonds is 7. The van der Waals surface area contributed by atoms with Crippen molar-refractivity contribution in [2.45, 2.75) is 0 Å². The molecule has 0 saturated carbocycles. The lowest BCUT2D eigenvalue weighted by molar-refractivity contribution is 0.402. The minimum atomic E-state index is 0.581. The van der Waals surface area contributed by atoms with Crippen LogP contribution in [0.5, 0.6) is 0 Å². The first kappa shape index (κ1) is 13.5. The van der Waals surface area contributed by atoms with Gasteiger partial charge in [-0.2, -0.15) is 0 Å². The van der Waals surface area contributed by atoms with E-state index in [0.717, 1.165) is 26.2 Å². The molecule has 0 amide bonds. The average Bonchev–Trinajstić information content (AvgIpc) is 2.25. The van der Waals surface area contributed by atoms with Gasteiger partial charge in [0, 0.05) is 26.2 Å². The Labute approximate surface area is 102 Å². The van der Waals surface area contributed by atoms with E-state index in [9.17, 15) is 0 Å². The van der Waals surface area contributed by atoms with Gasteiger partial charge in [-0.1, -0.05) is 0 Å². The lowest BCUT2D eigenvalue weighted by atomic mass is 10.3. The molecule has 0 fully saturated rings. The molecular weight excluding hydrogens is 216 g/mol. The molecule has 0 atom stereocenters. The minimum absolute atomic E-state index is 0.581. The van der Waals surface area contributed by atoms with Crippen LogP contribution in [0.4, 0.5) is 17.2 Å². The van der Waals surface area contributed by atoms with E-state index in [0.29, 0.717) is 17.2 Å². The van der Waals surface area contributed by atoms with E-state index in [2.05, 4.69) is 34.6 Å². The van der Waals surface area contributed by atoms with Crippen molar-refractivity contribution in [2.75, 3.05) is 57.1 Å². The fourth-order valence-electron chi connectivity index (χ4n) is 1.34. The van der Waals surface area contributed by atoms with Gasteiger partial charge in [0.2, 0.25) is 0 Å². The molecule has 1 aromatic rings. The number of anilines is 3. The third-order valence-electron chi connectivity index (χ3n) is 2.27. The van der Waals surface area contributed by atoms with Gasteiger partial charge in [0.05, 0.1) is 17.6 Å². The third-order valence-corrected chi connectivity index (χ3v) is 2.27. The van der Waals surface area contributed by atoms with E-state index in [-0.39, 0.29) is 0 Å². The summed E-state index contributed by atoms with van der Waals surface area (Å²) in [5, 5.41) is 6.48. The van der Waals surface area contributed by atoms with Crippen molar-refractivity contribution in [1.29, 1.82) is 0 Å². The Bertz CT molecular complexity index is 339. The fourth-order valence-corrected chi connectivity index (χ4v) is 1.34. The number of nitrogens with one attached hydrogen (secondary N) is 2. The maximum absolute atomic E-state index is 5.77. The van der Waals surface area contributed by atoms with Crippen LogP contribution in [0.3, 0.4) is 0 Å². The average molecular weight is 238 g/mol. The lowest BCUT2D eigenvalue weighted by Gasteiger charge is -2.11. The summed E-state index contributed by atoms with van der Waals surface area (Å²) in [6.07, 6.45) is 1.60. The van der Waals surface area contributed by atoms with Crippen LogP contribution in [0.2, 0.25) is 0 Å². The van der Waals surface area contributed by atoms with Crippen molar-refractivity contribution in [1.82, 2.24) is 15.2 Å². The number of hydrogen-bond donors (Lipinski definition) is 4. The second-order valence-corrected chi connectivity index (χ2v) is 4.19. The molecule has 17 heavy (non-hydrogen) atoms. The molecule has 1 aromatic heterocycles. The van der Waals surface area contributed by atoms with Gasteiger partial charge < -0.3 is 27.0 Å². The van der Waals surface area contributed by atoms with Gasteiger partial charge >= 0.3 is 0 Å². The molecule has 0 aromatic carbocycles. The molecule has 0 bridgehead atoms. The van der Waals surface area contributed by atoms with Crippen molar-refractivity contribution in [3.05, 3.63) is 12.3 Å². The number of hydrogen-bond acceptors (Lipinski definition) is 6. The van der Waals surface area contributed by atoms with Crippen LogP contribution in [0.1, 0.15) is 0 Å². The number of nitrogens with zero attached hydrogens (tertiary/aromatic N) is 2. The van der Waals surface area contributed by atoms with E-state index in [1.165, 1.54) is 0 Å². The topological polar surface area (TPSA) is 92.2 Å². The van der Waals surface area contributed by atoms with Gasteiger partial charge in [-0.3, -0.25) is 0 Å². The van der Waals surface area contributed by atoms with Crippen molar-refractivity contribution < 1.29 is 0 Å². The lowest BCUT2D eigenvalue weighted by Crippen LogP contribution is -2.30. The molecule has 0 aliphatic rings. The maximum atomic E-state index is 5.77. The van der Waals surface area contributed by atoms with Crippen molar-refractivity contribution in [2.24, 2.45) is 0 Å². The Morgan fingerprint density at radius 1 is 1.24 bits per heavy atom. The van der Waals surface area contributed by atoms with Crippen LogP contribution in [0.15, 0.2) is 12.3 Å². The first-order valence-electron chi connectivity index (χ1n) is 5.70. The highest BCUT2D eigenvalue weighted by Crippen LogP contribution is 2.16. The zero-order valence-electron chi connectivity index (χ0n) is 10.5. The van der Waals surface area contributed by atoms with Gasteiger partial charge in [0.1, 0.15) is 5.82 Å². The molecule has 1 heterocycles. The van der Waals surface area contributed by atoms with Gasteiger partial charge in [0.25, 0.3) is 0 Å². The number of nitrogen functional groups attached to an aromatic ring is 2. The molecule has 0 aliphatic carbocycles. The van der Waals surface area contributed by atoms with Gasteiger partial charge in [-0.15, -0.1) is 0 Å². The summed E-state index contributed by atoms with van der Waals surface area (Å²) in [5.74, 6) is 0.689. The zero-order valence-corrected chi connectivity index (χ0v) is 10.5. The molecular formula is C11H22N6. The molecule has 6 nitrogen and oxygen atoms in total. The number of aromatic nitrogens is 1. The molecule has 0 radical (unpaired) electrons. The fraction of sp³-hybridized carbons (Fsp3) is 0.545. The smallest absolute Gasteiger partial charge is 0.149 e. The second-order valence-electron chi connectivity index (χ2n) is 4.19. The molecule has 0 spiro atoms. The van der Waals surface area contributed by atoms with Crippen LogP contribution in [0, 0.1) is 0 Å². The number of pyridine rings is 1. The molecule has 6 N–H and O–H groups in total. The SMILES string of the molecule is CN(C)CCNCCNc1ncc(N)cc1N. The summed E-state index contributed by atoms with van der Waals surface area (Å²) in [5.41, 5.74) is 12.5. The highest BCUT2D eigenvalue weighted by molar-refractivity contribution is 5.65. The van der Waals surface area contributed by atoms with Crippen molar-refractivity contribution in [3.8, 4) is 0 Å². The van der Waals surface area contributed by atoms with Crippen LogP contribution in [-0.4, -0.2) is 50.2 Å². The van der Waals surface area contributed by atoms with E-state index in [1.807, 2.05) is 0 Å². The van der Waals surface area contributed by atoms with E-state index in [1.54, 1.807) is 12.3 Å². The Morgan fingerprint density at radius 3 is 2.65 bits per heavy atom. The number of likely N-dealkylation sites (N-methyl/N-ethyl adjacent to an activating group) is 1. The summed E-state index contributed by atoms with van der Waals surface area (Å²) in [7, 11) is 4.11. The van der Waals surface area contributed by atoms with Gasteiger partial charge in [0.15, 0.2) is 0 Å². The summed E-state index contributed by atoms with van der Waals surface area (Å²) in [6.45, 7) is 3.66. The van der Waals surface area contributed by atoms with Crippen molar-refractivity contribution >= 4 is 17.2 Å². The summed E-state index contributed by atoms with van der Waals surface area (Å²) in [6, 6.07) is 1.70. The van der Waals surface area contributed by atoms with Gasteiger partial charge in [-0.05, 0) is 20.2 Å². The molecule has 0 saturated heterocycles. The largest absolute Gasteiger partial charge is 0.397 e. The second kappa shape index (κ2) is 6.93. The summed E-state index contributed by atoms with van der Waals surface area (Å²) >= 11 is 0. The predicted octanol–water partition coefficient (Wildman–Crippen LogP) is -0.191. The van der Waals surface area contributed by atoms with Crippen LogP contribution < -0.4 is 22.1 Å². The first-order valence-corrected chi connectivity index (χ1v) is 5.70. The highest BCUT2D eigenvalue weighted by atomic mass is 15.1. The normalized spacial score (nSPS) is 10.8. The number of nitrogens with two attached hydrogens (primary N) is 2. The standard InChI is InChI=1S/C11H22N6/c1-17(2)6-5-14-3-4-15-11-10(13)7-9(12)8-16-11/h7-8,14H,3-6,12-13H2,1-2H3,(H,15,16). The predicted molar refractivity (Wildman–Crippen MR) is 73.0 cm³/mol. The molecule has 0 aliphatic heterocycles. The molecule has 96 valence electrons. The zero-order chi connectivity index (χ0) is 12.7. The summed E-state index contributed by atoms with van der Waals surface area (Å²) in [4.78, 5) is 6.27. The van der Waals surface area contributed by atoms with E-state index < -0.39 is 0 Å². The van der Waals surface area contributed by atoms with E-state index in [4.69, 9.17) is 11.5 Å². The summed E-state index contributed by atoms with van der Waals surface area (Å²) < 4.78 is 0. The highest BCUT2D eigenvalue weighted by Gasteiger charge is 1.99. The van der Waals surface area contributed by atoms with Gasteiger partial charge in [-0.25, -0.2) is 4.98 Å².